The third kappa shape index (κ3) is 10.2. The minimum Gasteiger partial charge on any atom is -0.453 e. The highest BCUT2D eigenvalue weighted by atomic mass is 16.6. The monoisotopic (exact) mass is 633 g/mol. The molecule has 1 N–H and O–H groups in total. The second-order valence-electron chi connectivity index (χ2n) is 12.0. The van der Waals surface area contributed by atoms with Crippen molar-refractivity contribution < 1.29 is 38.6 Å². The Kier molecular flexibility index (Phi) is 14.3. The molecule has 0 aliphatic carbocycles. The Labute approximate surface area is 272 Å². The maximum atomic E-state index is 13.8. The van der Waals surface area contributed by atoms with Gasteiger partial charge in [0.25, 0.3) is 0 Å². The minimum atomic E-state index is -1.56. The third-order valence-corrected chi connectivity index (χ3v) is 8.28. The van der Waals surface area contributed by atoms with Gasteiger partial charge >= 0.3 is 12.1 Å². The van der Waals surface area contributed by atoms with E-state index in [0.717, 1.165) is 67.9 Å². The number of allylic oxidation sites excluding steroid dienone is 1. The van der Waals surface area contributed by atoms with Crippen molar-refractivity contribution in [3.8, 4) is 0 Å². The van der Waals surface area contributed by atoms with Crippen LogP contribution in [0, 0.1) is 12.8 Å². The Hall–Kier alpha value is -4.11. The van der Waals surface area contributed by atoms with Gasteiger partial charge in [0.05, 0.1) is 12.0 Å². The Bertz CT molecular complexity index is 1380. The number of ketones is 2. The topological polar surface area (TPSA) is 127 Å². The molecular weight excluding hydrogens is 586 g/mol. The van der Waals surface area contributed by atoms with E-state index in [-0.39, 0.29) is 24.4 Å². The van der Waals surface area contributed by atoms with Gasteiger partial charge in [-0.25, -0.2) is 9.69 Å². The van der Waals surface area contributed by atoms with Crippen molar-refractivity contribution in [2.45, 2.75) is 104 Å². The fraction of sp³-hybridized carbons (Fsp3) is 0.486. The molecule has 1 aliphatic heterocycles. The molecule has 0 aromatic heterocycles. The standard InChI is InChI=1S/C37H47NO8/c1-25-17-16-20-30(23-25)31(32(41)21-14-9-7-5-6-8-10-15-22-39)24-33(42)34(45-28(4)40)26(2)36(43)38-27(3)35(46-37(38)44)29-18-12-11-13-19-29/h11-13,16-20,23-24,26-27,34-35,39H,5-10,14-15,21-22H2,1-4H3/t26-,27-,34-,35-/m1/s1. The maximum absolute atomic E-state index is 13.8. The summed E-state index contributed by atoms with van der Waals surface area (Å²) < 4.78 is 10.9. The number of hydrogen-bond acceptors (Lipinski definition) is 8. The van der Waals surface area contributed by atoms with Gasteiger partial charge in [0.15, 0.2) is 17.7 Å². The molecule has 4 atom stereocenters. The molecule has 2 amide bonds. The lowest BCUT2D eigenvalue weighted by Gasteiger charge is -2.26. The van der Waals surface area contributed by atoms with Gasteiger partial charge in [-0.15, -0.1) is 0 Å². The van der Waals surface area contributed by atoms with Crippen molar-refractivity contribution in [2.24, 2.45) is 5.92 Å². The molecule has 0 radical (unpaired) electrons. The van der Waals surface area contributed by atoms with Crippen LogP contribution in [-0.2, 0) is 28.7 Å². The minimum absolute atomic E-state index is 0.188. The number of ether oxygens (including phenoxy) is 2. The molecule has 0 bridgehead atoms. The zero-order valence-corrected chi connectivity index (χ0v) is 27.4. The number of carbonyl (C=O) groups excluding carboxylic acids is 5. The molecule has 1 heterocycles. The molecule has 1 saturated heterocycles. The highest BCUT2D eigenvalue weighted by Gasteiger charge is 2.47. The summed E-state index contributed by atoms with van der Waals surface area (Å²) in [6, 6.07) is 15.6. The first-order valence-electron chi connectivity index (χ1n) is 16.3. The number of amides is 2. The van der Waals surface area contributed by atoms with Crippen molar-refractivity contribution >= 4 is 35.1 Å². The predicted octanol–water partition coefficient (Wildman–Crippen LogP) is 6.70. The normalized spacial score (nSPS) is 17.7. The van der Waals surface area contributed by atoms with Crippen LogP contribution in [-0.4, -0.2) is 58.3 Å². The average Bonchev–Trinajstić information content (AvgIpc) is 3.34. The van der Waals surface area contributed by atoms with E-state index in [0.29, 0.717) is 12.0 Å². The number of aryl methyl sites for hydroxylation is 1. The van der Waals surface area contributed by atoms with E-state index in [2.05, 4.69) is 0 Å². The number of aliphatic hydroxyl groups is 1. The van der Waals surface area contributed by atoms with Crippen LogP contribution in [0.3, 0.4) is 0 Å². The van der Waals surface area contributed by atoms with Crippen LogP contribution in [0.1, 0.15) is 101 Å². The van der Waals surface area contributed by atoms with Gasteiger partial charge in [0.2, 0.25) is 5.91 Å². The van der Waals surface area contributed by atoms with Crippen LogP contribution in [0.15, 0.2) is 60.7 Å². The van der Waals surface area contributed by atoms with Gasteiger partial charge in [-0.05, 0) is 50.8 Å². The number of unbranched alkanes of at least 4 members (excludes halogenated alkanes) is 7. The highest BCUT2D eigenvalue weighted by Crippen LogP contribution is 2.34. The Morgan fingerprint density at radius 2 is 1.57 bits per heavy atom. The van der Waals surface area contributed by atoms with Gasteiger partial charge in [-0.1, -0.05) is 98.7 Å². The summed E-state index contributed by atoms with van der Waals surface area (Å²) in [6.45, 7) is 6.35. The molecular formula is C37H47NO8. The fourth-order valence-electron chi connectivity index (χ4n) is 5.73. The number of nitrogens with zero attached hydrogens (tertiary/aromatic N) is 1. The third-order valence-electron chi connectivity index (χ3n) is 8.28. The number of carbonyl (C=O) groups is 5. The number of aliphatic hydroxyl groups excluding tert-OH is 1. The molecule has 3 rings (SSSR count). The van der Waals surface area contributed by atoms with Crippen molar-refractivity contribution in [1.82, 2.24) is 4.90 Å². The van der Waals surface area contributed by atoms with Crippen molar-refractivity contribution in [2.75, 3.05) is 6.61 Å². The summed E-state index contributed by atoms with van der Waals surface area (Å²) >= 11 is 0. The number of imide groups is 1. The fourth-order valence-corrected chi connectivity index (χ4v) is 5.73. The quantitative estimate of drug-likeness (QED) is 0.109. The van der Waals surface area contributed by atoms with E-state index in [1.807, 2.05) is 25.1 Å². The second-order valence-corrected chi connectivity index (χ2v) is 12.0. The first-order chi connectivity index (χ1) is 22.0. The summed E-state index contributed by atoms with van der Waals surface area (Å²) in [4.78, 5) is 66.9. The summed E-state index contributed by atoms with van der Waals surface area (Å²) in [5.41, 5.74) is 2.37. The van der Waals surface area contributed by atoms with E-state index >= 15 is 0 Å². The van der Waals surface area contributed by atoms with Crippen LogP contribution in [0.25, 0.3) is 5.57 Å². The summed E-state index contributed by atoms with van der Waals surface area (Å²) in [5.74, 6) is -3.66. The number of hydrogen-bond donors (Lipinski definition) is 1. The number of esters is 1. The molecule has 9 nitrogen and oxygen atoms in total. The van der Waals surface area contributed by atoms with E-state index in [4.69, 9.17) is 14.6 Å². The largest absolute Gasteiger partial charge is 0.453 e. The van der Waals surface area contributed by atoms with Gasteiger partial charge in [-0.2, -0.15) is 0 Å². The average molecular weight is 634 g/mol. The Morgan fingerprint density at radius 3 is 2.17 bits per heavy atom. The summed E-state index contributed by atoms with van der Waals surface area (Å²) in [7, 11) is 0. The lowest BCUT2D eigenvalue weighted by Crippen LogP contribution is -2.47. The lowest BCUT2D eigenvalue weighted by molar-refractivity contribution is -0.158. The van der Waals surface area contributed by atoms with E-state index < -0.39 is 47.9 Å². The molecule has 0 unspecified atom stereocenters. The number of rotatable bonds is 18. The molecule has 0 saturated carbocycles. The van der Waals surface area contributed by atoms with Crippen molar-refractivity contribution in [1.29, 1.82) is 0 Å². The zero-order chi connectivity index (χ0) is 33.6. The van der Waals surface area contributed by atoms with Crippen LogP contribution >= 0.6 is 0 Å². The van der Waals surface area contributed by atoms with Gasteiger partial charge in [-0.3, -0.25) is 19.2 Å². The zero-order valence-electron chi connectivity index (χ0n) is 27.4. The molecule has 2 aromatic rings. The Morgan fingerprint density at radius 1 is 0.935 bits per heavy atom. The number of benzene rings is 2. The van der Waals surface area contributed by atoms with Gasteiger partial charge in [0.1, 0.15) is 6.10 Å². The van der Waals surface area contributed by atoms with Crippen molar-refractivity contribution in [3.63, 3.8) is 0 Å². The van der Waals surface area contributed by atoms with Gasteiger partial charge in [0, 0.05) is 25.5 Å². The smallest absolute Gasteiger partial charge is 0.417 e. The predicted molar refractivity (Wildman–Crippen MR) is 174 cm³/mol. The summed E-state index contributed by atoms with van der Waals surface area (Å²) in [6.07, 6.45) is 5.92. The van der Waals surface area contributed by atoms with E-state index in [1.54, 1.807) is 43.3 Å². The molecule has 46 heavy (non-hydrogen) atoms. The molecule has 2 aromatic carbocycles. The molecule has 1 aliphatic rings. The maximum Gasteiger partial charge on any atom is 0.417 e. The van der Waals surface area contributed by atoms with Gasteiger partial charge < -0.3 is 14.6 Å². The van der Waals surface area contributed by atoms with E-state index in [1.165, 1.54) is 13.0 Å². The molecule has 248 valence electrons. The second kappa shape index (κ2) is 18.1. The lowest BCUT2D eigenvalue weighted by atomic mass is 9.92. The highest BCUT2D eigenvalue weighted by molar-refractivity contribution is 6.25. The first kappa shape index (κ1) is 36.4. The number of cyclic esters (lactones) is 1. The Balaban J connectivity index is 1.78. The number of Topliss-reactive ketones (excluding diaryl/α,β-unsaturated/α-hetero) is 1. The first-order valence-corrected chi connectivity index (χ1v) is 16.3. The van der Waals surface area contributed by atoms with Crippen LogP contribution in [0.2, 0.25) is 0 Å². The summed E-state index contributed by atoms with van der Waals surface area (Å²) in [5, 5.41) is 8.90. The van der Waals surface area contributed by atoms with Crippen LogP contribution < -0.4 is 0 Å². The van der Waals surface area contributed by atoms with Crippen LogP contribution in [0.4, 0.5) is 4.79 Å². The molecule has 1 fully saturated rings. The molecule has 0 spiro atoms. The van der Waals surface area contributed by atoms with Crippen LogP contribution in [0.5, 0.6) is 0 Å². The van der Waals surface area contributed by atoms with Crippen molar-refractivity contribution in [3.05, 3.63) is 77.4 Å². The SMILES string of the molecule is CC(=O)O[C@@H](C(=O)C=C(C(=O)CCCCCCCCCCO)c1cccc(C)c1)[C@@H](C)C(=O)N1C(=O)O[C@@H](c2ccccc2)[C@H]1C. The van der Waals surface area contributed by atoms with E-state index in [9.17, 15) is 24.0 Å². The molecule has 9 heteroatoms.